The normalized spacial score (nSPS) is 10.7. The first-order valence-electron chi connectivity index (χ1n) is 8.66. The molecule has 27 heavy (non-hydrogen) atoms. The first-order chi connectivity index (χ1) is 13.2. The maximum atomic E-state index is 12.1. The Morgan fingerprint density at radius 1 is 1.04 bits per heavy atom. The van der Waals surface area contributed by atoms with Crippen molar-refractivity contribution < 1.29 is 9.53 Å². The Morgan fingerprint density at radius 3 is 2.56 bits per heavy atom. The molecule has 3 rings (SSSR count). The number of hydrogen-bond acceptors (Lipinski definition) is 3. The lowest BCUT2D eigenvalue weighted by molar-refractivity contribution is -0.115. The summed E-state index contributed by atoms with van der Waals surface area (Å²) in [6.07, 6.45) is 3.18. The maximum absolute atomic E-state index is 12.1. The molecule has 0 aromatic heterocycles. The fraction of sp³-hybridized carbons (Fsp3) is 0.0909. The van der Waals surface area contributed by atoms with E-state index in [-0.39, 0.29) is 11.0 Å². The number of fused-ring (bicyclic) bond motifs is 1. The zero-order chi connectivity index (χ0) is 19.1. The average Bonchev–Trinajstić information content (AvgIpc) is 2.68. The highest BCUT2D eigenvalue weighted by atomic mass is 32.1. The van der Waals surface area contributed by atoms with Crippen molar-refractivity contribution in [3.05, 3.63) is 78.4 Å². The Kier molecular flexibility index (Phi) is 6.18. The number of hydrogen-bond donors (Lipinski definition) is 2. The van der Waals surface area contributed by atoms with Crippen LogP contribution in [0.15, 0.2) is 72.8 Å². The number of anilines is 1. The zero-order valence-corrected chi connectivity index (χ0v) is 15.8. The van der Waals surface area contributed by atoms with Crippen LogP contribution in [0.1, 0.15) is 12.5 Å². The highest BCUT2D eigenvalue weighted by molar-refractivity contribution is 7.80. The van der Waals surface area contributed by atoms with Gasteiger partial charge in [-0.05, 0) is 54.4 Å². The van der Waals surface area contributed by atoms with Crippen LogP contribution < -0.4 is 15.4 Å². The summed E-state index contributed by atoms with van der Waals surface area (Å²) in [6.45, 7) is 2.56. The summed E-state index contributed by atoms with van der Waals surface area (Å²) in [4.78, 5) is 12.1. The molecular formula is C22H20N2O2S. The molecule has 0 spiro atoms. The minimum absolute atomic E-state index is 0.257. The van der Waals surface area contributed by atoms with E-state index in [1.807, 2.05) is 73.7 Å². The minimum Gasteiger partial charge on any atom is -0.494 e. The van der Waals surface area contributed by atoms with Crippen LogP contribution in [0.4, 0.5) is 5.69 Å². The van der Waals surface area contributed by atoms with Crippen molar-refractivity contribution in [1.29, 1.82) is 0 Å². The van der Waals surface area contributed by atoms with E-state index in [0.29, 0.717) is 6.61 Å². The molecule has 0 aliphatic rings. The van der Waals surface area contributed by atoms with Crippen molar-refractivity contribution >= 4 is 45.8 Å². The predicted molar refractivity (Wildman–Crippen MR) is 115 cm³/mol. The molecule has 0 bridgehead atoms. The Balaban J connectivity index is 1.59. The van der Waals surface area contributed by atoms with Gasteiger partial charge in [0.05, 0.1) is 6.61 Å². The number of rotatable bonds is 5. The van der Waals surface area contributed by atoms with E-state index in [0.717, 1.165) is 27.8 Å². The number of amides is 1. The fourth-order valence-electron chi connectivity index (χ4n) is 2.66. The first kappa shape index (κ1) is 18.6. The van der Waals surface area contributed by atoms with Crippen LogP contribution in [0.5, 0.6) is 5.75 Å². The van der Waals surface area contributed by atoms with Crippen molar-refractivity contribution in [2.45, 2.75) is 6.92 Å². The smallest absolute Gasteiger partial charge is 0.250 e. The summed E-state index contributed by atoms with van der Waals surface area (Å²) >= 11 is 5.26. The second-order valence-corrected chi connectivity index (χ2v) is 6.21. The van der Waals surface area contributed by atoms with Gasteiger partial charge < -0.3 is 10.1 Å². The molecule has 136 valence electrons. The number of carbonyl (C=O) groups is 1. The first-order valence-corrected chi connectivity index (χ1v) is 9.07. The van der Waals surface area contributed by atoms with Crippen LogP contribution >= 0.6 is 12.2 Å². The number of thiocarbonyl (C=S) groups is 1. The monoisotopic (exact) mass is 376 g/mol. The van der Waals surface area contributed by atoms with Gasteiger partial charge >= 0.3 is 0 Å². The second-order valence-electron chi connectivity index (χ2n) is 5.81. The lowest BCUT2D eigenvalue weighted by Crippen LogP contribution is -2.32. The number of ether oxygens (including phenoxy) is 1. The van der Waals surface area contributed by atoms with Gasteiger partial charge in [-0.2, -0.15) is 0 Å². The van der Waals surface area contributed by atoms with Crippen LogP contribution in [-0.2, 0) is 4.79 Å². The van der Waals surface area contributed by atoms with Gasteiger partial charge in [0.1, 0.15) is 5.75 Å². The standard InChI is InChI=1S/C22H20N2O2S/c1-2-26-18-13-10-16(11-14-18)12-15-21(25)24-22(27)23-20-9-5-7-17-6-3-4-8-19(17)20/h3-15H,2H2,1H3,(H2,23,24,25,27)/b15-12+. The van der Waals surface area contributed by atoms with E-state index < -0.39 is 0 Å². The molecule has 0 saturated heterocycles. The topological polar surface area (TPSA) is 50.4 Å². The molecule has 1 amide bonds. The fourth-order valence-corrected chi connectivity index (χ4v) is 2.87. The number of benzene rings is 3. The summed E-state index contributed by atoms with van der Waals surface area (Å²) < 4.78 is 5.40. The molecule has 0 atom stereocenters. The second kappa shape index (κ2) is 8.96. The summed E-state index contributed by atoms with van der Waals surface area (Å²) in [7, 11) is 0. The molecule has 0 heterocycles. The van der Waals surface area contributed by atoms with Gasteiger partial charge in [0.15, 0.2) is 5.11 Å². The van der Waals surface area contributed by atoms with E-state index in [9.17, 15) is 4.79 Å². The van der Waals surface area contributed by atoms with Gasteiger partial charge in [0, 0.05) is 17.1 Å². The highest BCUT2D eigenvalue weighted by Crippen LogP contribution is 2.22. The highest BCUT2D eigenvalue weighted by Gasteiger charge is 2.04. The van der Waals surface area contributed by atoms with Crippen molar-refractivity contribution in [1.82, 2.24) is 5.32 Å². The van der Waals surface area contributed by atoms with Gasteiger partial charge in [-0.1, -0.05) is 48.5 Å². The Morgan fingerprint density at radius 2 is 1.78 bits per heavy atom. The lowest BCUT2D eigenvalue weighted by atomic mass is 10.1. The van der Waals surface area contributed by atoms with Crippen molar-refractivity contribution in [3.8, 4) is 5.75 Å². The predicted octanol–water partition coefficient (Wildman–Crippen LogP) is 4.76. The molecule has 3 aromatic carbocycles. The van der Waals surface area contributed by atoms with E-state index in [1.54, 1.807) is 6.08 Å². The Labute approximate surface area is 163 Å². The average molecular weight is 376 g/mol. The zero-order valence-electron chi connectivity index (χ0n) is 14.9. The van der Waals surface area contributed by atoms with Gasteiger partial charge in [-0.3, -0.25) is 10.1 Å². The Hall–Kier alpha value is -3.18. The molecule has 5 heteroatoms. The van der Waals surface area contributed by atoms with Crippen LogP contribution in [0.2, 0.25) is 0 Å². The quantitative estimate of drug-likeness (QED) is 0.498. The van der Waals surface area contributed by atoms with Crippen LogP contribution in [0, 0.1) is 0 Å². The van der Waals surface area contributed by atoms with Crippen molar-refractivity contribution in [3.63, 3.8) is 0 Å². The summed E-state index contributed by atoms with van der Waals surface area (Å²) in [5.41, 5.74) is 1.76. The van der Waals surface area contributed by atoms with Gasteiger partial charge in [-0.25, -0.2) is 0 Å². The van der Waals surface area contributed by atoms with E-state index >= 15 is 0 Å². The van der Waals surface area contributed by atoms with Crippen LogP contribution in [0.25, 0.3) is 16.8 Å². The minimum atomic E-state index is -0.290. The Bertz CT molecular complexity index is 976. The van der Waals surface area contributed by atoms with E-state index in [4.69, 9.17) is 17.0 Å². The molecule has 3 aromatic rings. The van der Waals surface area contributed by atoms with E-state index in [1.165, 1.54) is 6.08 Å². The third kappa shape index (κ3) is 5.15. The molecule has 0 aliphatic heterocycles. The molecule has 0 aliphatic carbocycles. The molecule has 0 unspecified atom stereocenters. The van der Waals surface area contributed by atoms with Crippen LogP contribution in [0.3, 0.4) is 0 Å². The van der Waals surface area contributed by atoms with Gasteiger partial charge in [0.2, 0.25) is 5.91 Å². The van der Waals surface area contributed by atoms with Gasteiger partial charge in [0.25, 0.3) is 0 Å². The maximum Gasteiger partial charge on any atom is 0.250 e. The molecular weight excluding hydrogens is 356 g/mol. The number of nitrogens with one attached hydrogen (secondary N) is 2. The largest absolute Gasteiger partial charge is 0.494 e. The van der Waals surface area contributed by atoms with Crippen LogP contribution in [-0.4, -0.2) is 17.6 Å². The number of carbonyl (C=O) groups excluding carboxylic acids is 1. The van der Waals surface area contributed by atoms with E-state index in [2.05, 4.69) is 10.6 Å². The molecule has 0 radical (unpaired) electrons. The summed E-state index contributed by atoms with van der Waals surface area (Å²) in [6, 6.07) is 21.4. The molecule has 2 N–H and O–H groups in total. The molecule has 0 saturated carbocycles. The molecule has 4 nitrogen and oxygen atoms in total. The van der Waals surface area contributed by atoms with Crippen molar-refractivity contribution in [2.75, 3.05) is 11.9 Å². The SMILES string of the molecule is CCOc1ccc(/C=C/C(=O)NC(=S)Nc2cccc3ccccc23)cc1. The third-order valence-corrected chi connectivity index (χ3v) is 4.10. The third-order valence-electron chi connectivity index (χ3n) is 3.89. The lowest BCUT2D eigenvalue weighted by Gasteiger charge is -2.10. The van der Waals surface area contributed by atoms with Crippen molar-refractivity contribution in [2.24, 2.45) is 0 Å². The summed E-state index contributed by atoms with van der Waals surface area (Å²) in [5.74, 6) is 0.515. The van der Waals surface area contributed by atoms with Gasteiger partial charge in [-0.15, -0.1) is 0 Å². The summed E-state index contributed by atoms with van der Waals surface area (Å²) in [5, 5.41) is 8.15. The molecule has 0 fully saturated rings.